The Labute approximate surface area is 103 Å². The van der Waals surface area contributed by atoms with Crippen LogP contribution in [0.2, 0.25) is 0 Å². The van der Waals surface area contributed by atoms with Gasteiger partial charge in [-0.05, 0) is 17.7 Å². The fraction of sp³-hybridized carbons (Fsp3) is 0.167. The SMILES string of the molecule is CN(Cc1ccc(F)cc1)c1ncc(C=O)s1. The van der Waals surface area contributed by atoms with Gasteiger partial charge in [0, 0.05) is 13.6 Å². The third-order valence-electron chi connectivity index (χ3n) is 2.29. The van der Waals surface area contributed by atoms with E-state index in [1.54, 1.807) is 18.3 Å². The van der Waals surface area contributed by atoms with Crippen LogP contribution < -0.4 is 4.90 Å². The van der Waals surface area contributed by atoms with E-state index in [4.69, 9.17) is 0 Å². The first-order valence-corrected chi connectivity index (χ1v) is 5.87. The summed E-state index contributed by atoms with van der Waals surface area (Å²) in [6.07, 6.45) is 2.33. The Bertz CT molecular complexity index is 509. The molecule has 1 aromatic carbocycles. The maximum absolute atomic E-state index is 12.7. The molecule has 3 nitrogen and oxygen atoms in total. The summed E-state index contributed by atoms with van der Waals surface area (Å²) in [5.41, 5.74) is 0.997. The van der Waals surface area contributed by atoms with E-state index in [0.717, 1.165) is 17.0 Å². The number of hydrogen-bond acceptors (Lipinski definition) is 4. The highest BCUT2D eigenvalue weighted by atomic mass is 32.1. The summed E-state index contributed by atoms with van der Waals surface area (Å²) < 4.78 is 12.7. The normalized spacial score (nSPS) is 10.2. The summed E-state index contributed by atoms with van der Waals surface area (Å²) in [4.78, 5) is 17.2. The number of benzene rings is 1. The quantitative estimate of drug-likeness (QED) is 0.782. The molecule has 2 aromatic rings. The van der Waals surface area contributed by atoms with Gasteiger partial charge in [-0.1, -0.05) is 23.5 Å². The number of aromatic nitrogens is 1. The molecule has 17 heavy (non-hydrogen) atoms. The van der Waals surface area contributed by atoms with Gasteiger partial charge < -0.3 is 4.90 Å². The van der Waals surface area contributed by atoms with E-state index in [0.29, 0.717) is 11.4 Å². The second kappa shape index (κ2) is 5.05. The number of anilines is 1. The van der Waals surface area contributed by atoms with Gasteiger partial charge in [0.1, 0.15) is 5.82 Å². The average Bonchev–Trinajstić information content (AvgIpc) is 2.81. The van der Waals surface area contributed by atoms with Crippen LogP contribution in [0.1, 0.15) is 15.2 Å². The predicted octanol–water partition coefficient (Wildman–Crippen LogP) is 2.73. The van der Waals surface area contributed by atoms with Crippen LogP contribution in [0.4, 0.5) is 9.52 Å². The van der Waals surface area contributed by atoms with Crippen molar-refractivity contribution in [3.8, 4) is 0 Å². The van der Waals surface area contributed by atoms with Gasteiger partial charge in [-0.3, -0.25) is 4.79 Å². The summed E-state index contributed by atoms with van der Waals surface area (Å²) in [6.45, 7) is 0.631. The fourth-order valence-electron chi connectivity index (χ4n) is 1.44. The molecule has 0 radical (unpaired) electrons. The van der Waals surface area contributed by atoms with Crippen molar-refractivity contribution in [3.63, 3.8) is 0 Å². The van der Waals surface area contributed by atoms with Crippen LogP contribution >= 0.6 is 11.3 Å². The molecule has 88 valence electrons. The molecule has 1 aromatic heterocycles. The molecule has 2 rings (SSSR count). The highest BCUT2D eigenvalue weighted by Gasteiger charge is 2.07. The molecule has 0 unspecified atom stereocenters. The minimum Gasteiger partial charge on any atom is -0.347 e. The molecule has 0 aliphatic carbocycles. The molecule has 0 aliphatic heterocycles. The Balaban J connectivity index is 2.08. The van der Waals surface area contributed by atoms with Crippen LogP contribution in [0, 0.1) is 5.82 Å². The zero-order chi connectivity index (χ0) is 12.3. The van der Waals surface area contributed by atoms with Gasteiger partial charge in [0.15, 0.2) is 11.4 Å². The van der Waals surface area contributed by atoms with Gasteiger partial charge in [-0.15, -0.1) is 0 Å². The molecule has 1 heterocycles. The highest BCUT2D eigenvalue weighted by Crippen LogP contribution is 2.21. The van der Waals surface area contributed by atoms with Gasteiger partial charge in [0.05, 0.1) is 11.1 Å². The molecular formula is C12H11FN2OS. The molecular weight excluding hydrogens is 239 g/mol. The third kappa shape index (κ3) is 2.88. The lowest BCUT2D eigenvalue weighted by molar-refractivity contribution is 0.112. The first-order chi connectivity index (χ1) is 8.19. The molecule has 0 N–H and O–H groups in total. The molecule has 0 bridgehead atoms. The van der Waals surface area contributed by atoms with Crippen LogP contribution in [0.25, 0.3) is 0 Å². The number of nitrogens with zero attached hydrogens (tertiary/aromatic N) is 2. The number of halogens is 1. The second-order valence-electron chi connectivity index (χ2n) is 3.65. The van der Waals surface area contributed by atoms with Crippen molar-refractivity contribution in [3.05, 3.63) is 46.7 Å². The second-order valence-corrected chi connectivity index (χ2v) is 4.69. The van der Waals surface area contributed by atoms with E-state index >= 15 is 0 Å². The number of carbonyl (C=O) groups is 1. The Hall–Kier alpha value is -1.75. The van der Waals surface area contributed by atoms with Crippen LogP contribution in [0.3, 0.4) is 0 Å². The number of aldehydes is 1. The lowest BCUT2D eigenvalue weighted by Gasteiger charge is -2.15. The minimum absolute atomic E-state index is 0.242. The average molecular weight is 250 g/mol. The lowest BCUT2D eigenvalue weighted by atomic mass is 10.2. The number of carbonyl (C=O) groups excluding carboxylic acids is 1. The van der Waals surface area contributed by atoms with Gasteiger partial charge >= 0.3 is 0 Å². The molecule has 0 aliphatic rings. The summed E-state index contributed by atoms with van der Waals surface area (Å²) in [7, 11) is 1.89. The minimum atomic E-state index is -0.242. The first kappa shape index (κ1) is 11.7. The smallest absolute Gasteiger partial charge is 0.185 e. The van der Waals surface area contributed by atoms with Gasteiger partial charge in [0.25, 0.3) is 0 Å². The molecule has 0 spiro atoms. The van der Waals surface area contributed by atoms with Crippen LogP contribution in [0.5, 0.6) is 0 Å². The third-order valence-corrected chi connectivity index (χ3v) is 3.32. The van der Waals surface area contributed by atoms with E-state index in [1.807, 2.05) is 11.9 Å². The monoisotopic (exact) mass is 250 g/mol. The molecule has 0 amide bonds. The fourth-order valence-corrected chi connectivity index (χ4v) is 2.13. The topological polar surface area (TPSA) is 33.2 Å². The van der Waals surface area contributed by atoms with Crippen molar-refractivity contribution in [2.24, 2.45) is 0 Å². The van der Waals surface area contributed by atoms with E-state index in [-0.39, 0.29) is 5.82 Å². The molecule has 0 atom stereocenters. The molecule has 0 saturated heterocycles. The number of rotatable bonds is 4. The van der Waals surface area contributed by atoms with Crippen LogP contribution in [0.15, 0.2) is 30.5 Å². The molecule has 0 fully saturated rings. The van der Waals surface area contributed by atoms with Crippen molar-refractivity contribution in [2.45, 2.75) is 6.54 Å². The lowest BCUT2D eigenvalue weighted by Crippen LogP contribution is -2.15. The Morgan fingerprint density at radius 1 is 1.41 bits per heavy atom. The van der Waals surface area contributed by atoms with Gasteiger partial charge in [0.2, 0.25) is 0 Å². The first-order valence-electron chi connectivity index (χ1n) is 5.05. The maximum atomic E-state index is 12.7. The summed E-state index contributed by atoms with van der Waals surface area (Å²) in [6, 6.07) is 6.34. The largest absolute Gasteiger partial charge is 0.347 e. The van der Waals surface area contributed by atoms with Gasteiger partial charge in [-0.2, -0.15) is 0 Å². The molecule has 5 heteroatoms. The van der Waals surface area contributed by atoms with E-state index in [2.05, 4.69) is 4.98 Å². The van der Waals surface area contributed by atoms with Crippen molar-refractivity contribution in [2.75, 3.05) is 11.9 Å². The highest BCUT2D eigenvalue weighted by molar-refractivity contribution is 7.17. The standard InChI is InChI=1S/C12H11FN2OS/c1-15(12-14-6-11(8-16)17-12)7-9-2-4-10(13)5-3-9/h2-6,8H,7H2,1H3. The van der Waals surface area contributed by atoms with Crippen molar-refractivity contribution < 1.29 is 9.18 Å². The van der Waals surface area contributed by atoms with E-state index in [1.165, 1.54) is 23.5 Å². The van der Waals surface area contributed by atoms with Crippen LogP contribution in [-0.4, -0.2) is 18.3 Å². The zero-order valence-corrected chi connectivity index (χ0v) is 10.1. The number of thiazole rings is 1. The Morgan fingerprint density at radius 3 is 2.71 bits per heavy atom. The summed E-state index contributed by atoms with van der Waals surface area (Å²) in [5, 5.41) is 0.774. The van der Waals surface area contributed by atoms with E-state index in [9.17, 15) is 9.18 Å². The molecule has 0 saturated carbocycles. The van der Waals surface area contributed by atoms with Crippen molar-refractivity contribution in [1.82, 2.24) is 4.98 Å². The Morgan fingerprint density at radius 2 is 2.12 bits per heavy atom. The van der Waals surface area contributed by atoms with Gasteiger partial charge in [-0.25, -0.2) is 9.37 Å². The van der Waals surface area contributed by atoms with Crippen LogP contribution in [-0.2, 0) is 6.54 Å². The number of hydrogen-bond donors (Lipinski definition) is 0. The summed E-state index contributed by atoms with van der Waals surface area (Å²) in [5.74, 6) is -0.242. The maximum Gasteiger partial charge on any atom is 0.185 e. The Kier molecular flexibility index (Phi) is 3.49. The predicted molar refractivity (Wildman–Crippen MR) is 66.0 cm³/mol. The van der Waals surface area contributed by atoms with Crippen molar-refractivity contribution >= 4 is 22.8 Å². The summed E-state index contributed by atoms with van der Waals surface area (Å²) >= 11 is 1.34. The van der Waals surface area contributed by atoms with Crippen molar-refractivity contribution in [1.29, 1.82) is 0 Å². The van der Waals surface area contributed by atoms with E-state index < -0.39 is 0 Å². The zero-order valence-electron chi connectivity index (χ0n) is 9.26.